The van der Waals surface area contributed by atoms with Gasteiger partial charge in [0.2, 0.25) is 0 Å². The summed E-state index contributed by atoms with van der Waals surface area (Å²) in [5.41, 5.74) is 4.59. The molecule has 86 valence electrons. The molecule has 15 heavy (non-hydrogen) atoms. The fourth-order valence-corrected chi connectivity index (χ4v) is 1.48. The van der Waals surface area contributed by atoms with E-state index in [1.165, 1.54) is 0 Å². The van der Waals surface area contributed by atoms with E-state index < -0.39 is 5.60 Å². The average molecular weight is 215 g/mol. The predicted octanol–water partition coefficient (Wildman–Crippen LogP) is 0.364. The minimum Gasteiger partial charge on any atom is -0.465 e. The molecule has 5 nitrogen and oxygen atoms in total. The molecule has 0 spiro atoms. The van der Waals surface area contributed by atoms with Crippen molar-refractivity contribution in [2.45, 2.75) is 38.2 Å². The van der Waals surface area contributed by atoms with Crippen LogP contribution in [-0.2, 0) is 19.1 Å². The molecule has 1 aliphatic heterocycles. The van der Waals surface area contributed by atoms with Crippen molar-refractivity contribution in [1.29, 1.82) is 0 Å². The van der Waals surface area contributed by atoms with Gasteiger partial charge in [0, 0.05) is 12.8 Å². The maximum atomic E-state index is 11.4. The number of ether oxygens (including phenoxy) is 2. The van der Waals surface area contributed by atoms with E-state index in [-0.39, 0.29) is 18.4 Å². The standard InChI is InChI=1S/C10H17NO4/c1-10(4-6-14-9(13)7-10)15-8(12)3-2-5-11/h2-7,11H2,1H3. The largest absolute Gasteiger partial charge is 0.465 e. The molecule has 1 fully saturated rings. The summed E-state index contributed by atoms with van der Waals surface area (Å²) in [4.78, 5) is 22.4. The van der Waals surface area contributed by atoms with Gasteiger partial charge in [-0.15, -0.1) is 0 Å². The molecule has 1 unspecified atom stereocenters. The fraction of sp³-hybridized carbons (Fsp3) is 0.800. The van der Waals surface area contributed by atoms with E-state index in [1.807, 2.05) is 0 Å². The zero-order valence-electron chi connectivity index (χ0n) is 8.95. The summed E-state index contributed by atoms with van der Waals surface area (Å²) in [5.74, 6) is -0.604. The third-order valence-corrected chi connectivity index (χ3v) is 2.36. The van der Waals surface area contributed by atoms with Crippen LogP contribution < -0.4 is 5.73 Å². The molecule has 2 N–H and O–H groups in total. The third-order valence-electron chi connectivity index (χ3n) is 2.36. The van der Waals surface area contributed by atoms with Crippen LogP contribution >= 0.6 is 0 Å². The van der Waals surface area contributed by atoms with Gasteiger partial charge >= 0.3 is 11.9 Å². The van der Waals surface area contributed by atoms with Crippen LogP contribution in [0.3, 0.4) is 0 Å². The molecule has 1 heterocycles. The lowest BCUT2D eigenvalue weighted by Crippen LogP contribution is -2.40. The van der Waals surface area contributed by atoms with Gasteiger partial charge in [-0.2, -0.15) is 0 Å². The van der Waals surface area contributed by atoms with Gasteiger partial charge in [0.25, 0.3) is 0 Å². The molecule has 0 bridgehead atoms. The van der Waals surface area contributed by atoms with E-state index in [1.54, 1.807) is 6.92 Å². The quantitative estimate of drug-likeness (QED) is 0.685. The van der Waals surface area contributed by atoms with E-state index >= 15 is 0 Å². The summed E-state index contributed by atoms with van der Waals surface area (Å²) in [6.07, 6.45) is 1.62. The maximum absolute atomic E-state index is 11.4. The number of carbonyl (C=O) groups excluding carboxylic acids is 2. The second-order valence-corrected chi connectivity index (χ2v) is 3.96. The predicted molar refractivity (Wildman–Crippen MR) is 53.0 cm³/mol. The zero-order chi connectivity index (χ0) is 11.3. The molecule has 0 amide bonds. The molecule has 0 saturated carbocycles. The smallest absolute Gasteiger partial charge is 0.309 e. The lowest BCUT2D eigenvalue weighted by Gasteiger charge is -2.32. The van der Waals surface area contributed by atoms with Crippen molar-refractivity contribution in [2.75, 3.05) is 13.2 Å². The first kappa shape index (κ1) is 12.0. The van der Waals surface area contributed by atoms with E-state index in [2.05, 4.69) is 0 Å². The number of rotatable bonds is 4. The van der Waals surface area contributed by atoms with Crippen LogP contribution in [0.5, 0.6) is 0 Å². The third kappa shape index (κ3) is 3.87. The van der Waals surface area contributed by atoms with Crippen LogP contribution in [0.4, 0.5) is 0 Å². The van der Waals surface area contributed by atoms with Crippen molar-refractivity contribution in [2.24, 2.45) is 5.73 Å². The van der Waals surface area contributed by atoms with Crippen LogP contribution in [0, 0.1) is 0 Å². The fourth-order valence-electron chi connectivity index (χ4n) is 1.48. The lowest BCUT2D eigenvalue weighted by molar-refractivity contribution is -0.175. The van der Waals surface area contributed by atoms with Crippen molar-refractivity contribution in [3.63, 3.8) is 0 Å². The molecular weight excluding hydrogens is 198 g/mol. The molecule has 1 rings (SSSR count). The van der Waals surface area contributed by atoms with Crippen LogP contribution in [0.1, 0.15) is 32.6 Å². The lowest BCUT2D eigenvalue weighted by atomic mass is 9.96. The normalized spacial score (nSPS) is 25.9. The molecule has 0 aromatic carbocycles. The molecule has 5 heteroatoms. The molecule has 1 atom stereocenters. The highest BCUT2D eigenvalue weighted by Gasteiger charge is 2.35. The minimum atomic E-state index is -0.693. The minimum absolute atomic E-state index is 0.140. The number of carbonyl (C=O) groups is 2. The summed E-state index contributed by atoms with van der Waals surface area (Å²) < 4.78 is 10.0. The summed E-state index contributed by atoms with van der Waals surface area (Å²) in [7, 11) is 0. The highest BCUT2D eigenvalue weighted by molar-refractivity contribution is 5.74. The van der Waals surface area contributed by atoms with Crippen molar-refractivity contribution in [1.82, 2.24) is 0 Å². The number of cyclic esters (lactones) is 1. The van der Waals surface area contributed by atoms with Gasteiger partial charge in [0.1, 0.15) is 5.60 Å². The number of hydrogen-bond acceptors (Lipinski definition) is 5. The van der Waals surface area contributed by atoms with Gasteiger partial charge in [-0.05, 0) is 19.9 Å². The van der Waals surface area contributed by atoms with Gasteiger partial charge < -0.3 is 15.2 Å². The van der Waals surface area contributed by atoms with Crippen LogP contribution in [0.25, 0.3) is 0 Å². The second kappa shape index (κ2) is 5.11. The maximum Gasteiger partial charge on any atom is 0.309 e. The summed E-state index contributed by atoms with van der Waals surface area (Å²) >= 11 is 0. The molecule has 0 aliphatic carbocycles. The molecule has 0 radical (unpaired) electrons. The Morgan fingerprint density at radius 1 is 1.67 bits per heavy atom. The summed E-state index contributed by atoms with van der Waals surface area (Å²) in [6, 6.07) is 0. The summed E-state index contributed by atoms with van der Waals surface area (Å²) in [5, 5.41) is 0. The highest BCUT2D eigenvalue weighted by Crippen LogP contribution is 2.25. The summed E-state index contributed by atoms with van der Waals surface area (Å²) in [6.45, 7) is 2.54. The van der Waals surface area contributed by atoms with Gasteiger partial charge in [-0.1, -0.05) is 0 Å². The Morgan fingerprint density at radius 2 is 2.40 bits per heavy atom. The van der Waals surface area contributed by atoms with Crippen molar-refractivity contribution >= 4 is 11.9 Å². The highest BCUT2D eigenvalue weighted by atomic mass is 16.6. The number of esters is 2. The van der Waals surface area contributed by atoms with Crippen molar-refractivity contribution in [3.05, 3.63) is 0 Å². The van der Waals surface area contributed by atoms with Gasteiger partial charge in [-0.3, -0.25) is 9.59 Å². The van der Waals surface area contributed by atoms with Crippen LogP contribution in [0.15, 0.2) is 0 Å². The topological polar surface area (TPSA) is 78.6 Å². The Balaban J connectivity index is 2.41. The van der Waals surface area contributed by atoms with Crippen LogP contribution in [0.2, 0.25) is 0 Å². The monoisotopic (exact) mass is 215 g/mol. The van der Waals surface area contributed by atoms with Crippen molar-refractivity contribution < 1.29 is 19.1 Å². The molecule has 0 aromatic rings. The Labute approximate surface area is 88.9 Å². The number of hydrogen-bond donors (Lipinski definition) is 1. The Morgan fingerprint density at radius 3 is 3.00 bits per heavy atom. The first-order valence-corrected chi connectivity index (χ1v) is 5.13. The molecular formula is C10H17NO4. The molecule has 1 aliphatic rings. The molecule has 0 aromatic heterocycles. The molecule has 1 saturated heterocycles. The average Bonchev–Trinajstić information content (AvgIpc) is 2.13. The van der Waals surface area contributed by atoms with E-state index in [9.17, 15) is 9.59 Å². The van der Waals surface area contributed by atoms with E-state index in [0.29, 0.717) is 32.4 Å². The van der Waals surface area contributed by atoms with Gasteiger partial charge in [0.05, 0.1) is 13.0 Å². The van der Waals surface area contributed by atoms with Crippen LogP contribution in [-0.4, -0.2) is 30.7 Å². The van der Waals surface area contributed by atoms with E-state index in [4.69, 9.17) is 15.2 Å². The first-order chi connectivity index (χ1) is 7.06. The Bertz CT molecular complexity index is 254. The zero-order valence-corrected chi connectivity index (χ0v) is 8.95. The number of nitrogens with two attached hydrogens (primary N) is 1. The van der Waals surface area contributed by atoms with E-state index in [0.717, 1.165) is 0 Å². The second-order valence-electron chi connectivity index (χ2n) is 3.96. The first-order valence-electron chi connectivity index (χ1n) is 5.13. The van der Waals surface area contributed by atoms with Gasteiger partial charge in [-0.25, -0.2) is 0 Å². The van der Waals surface area contributed by atoms with Crippen molar-refractivity contribution in [3.8, 4) is 0 Å². The van der Waals surface area contributed by atoms with Gasteiger partial charge in [0.15, 0.2) is 0 Å². The Hall–Kier alpha value is -1.10. The SMILES string of the molecule is CC1(OC(=O)CCCN)CCOC(=O)C1. The Kier molecular flexibility index (Phi) is 4.08.